The van der Waals surface area contributed by atoms with Gasteiger partial charge in [-0.05, 0) is 25.5 Å². The third-order valence-corrected chi connectivity index (χ3v) is 5.22. The van der Waals surface area contributed by atoms with Crippen molar-refractivity contribution in [3.8, 4) is 0 Å². The first-order valence-corrected chi connectivity index (χ1v) is 9.31. The Morgan fingerprint density at radius 1 is 1.35 bits per heavy atom. The van der Waals surface area contributed by atoms with Crippen LogP contribution in [0.1, 0.15) is 40.5 Å². The van der Waals surface area contributed by atoms with Gasteiger partial charge in [-0.25, -0.2) is 0 Å². The highest BCUT2D eigenvalue weighted by Gasteiger charge is 2.26. The second kappa shape index (κ2) is 7.59. The lowest BCUT2D eigenvalue weighted by Gasteiger charge is -2.31. The standard InChI is InChI=1S/C18H26N6O2/c1-22-11-14(10-19-22)12-23-4-2-3-15(13-23)16-9-17(21-20-16)18(25)24-5-7-26-8-6-24/h9-11,15H,2-8,12-13H2,1H3,(H,20,21)/t15-/m0/s1. The number of rotatable bonds is 4. The summed E-state index contributed by atoms with van der Waals surface area (Å²) in [6.07, 6.45) is 6.27. The average Bonchev–Trinajstić information content (AvgIpc) is 3.31. The highest BCUT2D eigenvalue weighted by Crippen LogP contribution is 2.27. The topological polar surface area (TPSA) is 79.3 Å². The second-order valence-corrected chi connectivity index (χ2v) is 7.21. The maximum absolute atomic E-state index is 12.6. The van der Waals surface area contributed by atoms with E-state index >= 15 is 0 Å². The molecule has 2 aromatic heterocycles. The van der Waals surface area contributed by atoms with Crippen LogP contribution in [0.4, 0.5) is 0 Å². The molecule has 4 heterocycles. The molecule has 8 nitrogen and oxygen atoms in total. The van der Waals surface area contributed by atoms with Crippen molar-refractivity contribution in [2.45, 2.75) is 25.3 Å². The number of piperidine rings is 1. The molecule has 8 heteroatoms. The van der Waals surface area contributed by atoms with Crippen molar-refractivity contribution in [3.05, 3.63) is 35.4 Å². The number of ether oxygens (including phenoxy) is 1. The van der Waals surface area contributed by atoms with Crippen LogP contribution in [0.15, 0.2) is 18.5 Å². The largest absolute Gasteiger partial charge is 0.378 e. The molecule has 2 saturated heterocycles. The van der Waals surface area contributed by atoms with Gasteiger partial charge in [0.15, 0.2) is 0 Å². The summed E-state index contributed by atoms with van der Waals surface area (Å²) in [6, 6.07) is 1.94. The van der Waals surface area contributed by atoms with Crippen LogP contribution < -0.4 is 0 Å². The fourth-order valence-electron chi connectivity index (χ4n) is 3.85. The number of nitrogens with zero attached hydrogens (tertiary/aromatic N) is 5. The molecule has 0 spiro atoms. The van der Waals surface area contributed by atoms with Gasteiger partial charge in [-0.3, -0.25) is 19.5 Å². The molecule has 2 aliphatic rings. The highest BCUT2D eigenvalue weighted by atomic mass is 16.5. The molecule has 0 saturated carbocycles. The van der Waals surface area contributed by atoms with E-state index in [0.29, 0.717) is 37.9 Å². The number of amides is 1. The first-order valence-electron chi connectivity index (χ1n) is 9.31. The zero-order valence-electron chi connectivity index (χ0n) is 15.2. The van der Waals surface area contributed by atoms with Crippen LogP contribution >= 0.6 is 0 Å². The van der Waals surface area contributed by atoms with Crippen molar-refractivity contribution in [1.29, 1.82) is 0 Å². The summed E-state index contributed by atoms with van der Waals surface area (Å²) in [5.74, 6) is 0.387. The predicted octanol–water partition coefficient (Wildman–Crippen LogP) is 0.995. The number of hydrogen-bond donors (Lipinski definition) is 1. The van der Waals surface area contributed by atoms with E-state index < -0.39 is 0 Å². The number of morpholine rings is 1. The highest BCUT2D eigenvalue weighted by molar-refractivity contribution is 5.92. The van der Waals surface area contributed by atoms with Crippen LogP contribution in [0.2, 0.25) is 0 Å². The summed E-state index contributed by atoms with van der Waals surface area (Å²) in [4.78, 5) is 16.8. The minimum atomic E-state index is -0.00109. The lowest BCUT2D eigenvalue weighted by Crippen LogP contribution is -2.40. The van der Waals surface area contributed by atoms with E-state index in [-0.39, 0.29) is 5.91 Å². The lowest BCUT2D eigenvalue weighted by atomic mass is 9.94. The van der Waals surface area contributed by atoms with Crippen molar-refractivity contribution >= 4 is 5.91 Å². The molecule has 1 amide bonds. The van der Waals surface area contributed by atoms with Crippen molar-refractivity contribution in [3.63, 3.8) is 0 Å². The van der Waals surface area contributed by atoms with Gasteiger partial charge in [0.25, 0.3) is 5.91 Å². The van der Waals surface area contributed by atoms with E-state index in [0.717, 1.165) is 38.2 Å². The molecule has 0 bridgehead atoms. The first-order chi connectivity index (χ1) is 12.7. The number of likely N-dealkylation sites (tertiary alicyclic amines) is 1. The first kappa shape index (κ1) is 17.2. The lowest BCUT2D eigenvalue weighted by molar-refractivity contribution is 0.0299. The Balaban J connectivity index is 1.39. The van der Waals surface area contributed by atoms with Gasteiger partial charge in [0.2, 0.25) is 0 Å². The number of hydrogen-bond acceptors (Lipinski definition) is 5. The Morgan fingerprint density at radius 2 is 2.19 bits per heavy atom. The van der Waals surface area contributed by atoms with Crippen molar-refractivity contribution in [1.82, 2.24) is 29.8 Å². The molecule has 0 unspecified atom stereocenters. The van der Waals surface area contributed by atoms with E-state index in [1.165, 1.54) is 5.56 Å². The summed E-state index contributed by atoms with van der Waals surface area (Å²) >= 11 is 0. The summed E-state index contributed by atoms with van der Waals surface area (Å²) in [6.45, 7) is 5.48. The molecule has 0 aliphatic carbocycles. The van der Waals surface area contributed by atoms with E-state index in [2.05, 4.69) is 26.4 Å². The van der Waals surface area contributed by atoms with Gasteiger partial charge in [0.1, 0.15) is 5.69 Å². The number of H-pyrrole nitrogens is 1. The molecule has 1 atom stereocenters. The van der Waals surface area contributed by atoms with Crippen LogP contribution in [-0.4, -0.2) is 75.1 Å². The molecular formula is C18H26N6O2. The maximum Gasteiger partial charge on any atom is 0.274 e. The quantitative estimate of drug-likeness (QED) is 0.882. The minimum Gasteiger partial charge on any atom is -0.378 e. The van der Waals surface area contributed by atoms with Gasteiger partial charge in [0.05, 0.1) is 19.4 Å². The fourth-order valence-corrected chi connectivity index (χ4v) is 3.85. The van der Waals surface area contributed by atoms with Gasteiger partial charge in [0, 0.05) is 56.6 Å². The number of aromatic amines is 1. The predicted molar refractivity (Wildman–Crippen MR) is 95.8 cm³/mol. The van der Waals surface area contributed by atoms with Crippen LogP contribution in [-0.2, 0) is 18.3 Å². The number of aryl methyl sites for hydroxylation is 1. The zero-order valence-corrected chi connectivity index (χ0v) is 15.2. The molecule has 2 aliphatic heterocycles. The van der Waals surface area contributed by atoms with Gasteiger partial charge < -0.3 is 9.64 Å². The molecule has 26 heavy (non-hydrogen) atoms. The number of aromatic nitrogens is 4. The Morgan fingerprint density at radius 3 is 2.96 bits per heavy atom. The van der Waals surface area contributed by atoms with Gasteiger partial charge in [-0.15, -0.1) is 0 Å². The summed E-state index contributed by atoms with van der Waals surface area (Å²) < 4.78 is 7.16. The number of nitrogens with one attached hydrogen (secondary N) is 1. The molecule has 0 aromatic carbocycles. The molecule has 2 fully saturated rings. The average molecular weight is 358 g/mol. The monoisotopic (exact) mass is 358 g/mol. The number of carbonyl (C=O) groups excluding carboxylic acids is 1. The Labute approximate surface area is 153 Å². The van der Waals surface area contributed by atoms with Crippen LogP contribution in [0.5, 0.6) is 0 Å². The second-order valence-electron chi connectivity index (χ2n) is 7.21. The minimum absolute atomic E-state index is 0.00109. The van der Waals surface area contributed by atoms with Crippen LogP contribution in [0, 0.1) is 0 Å². The summed E-state index contributed by atoms with van der Waals surface area (Å²) in [7, 11) is 1.94. The Kier molecular flexibility index (Phi) is 5.03. The summed E-state index contributed by atoms with van der Waals surface area (Å²) in [5.41, 5.74) is 2.82. The molecule has 1 N–H and O–H groups in total. The van der Waals surface area contributed by atoms with E-state index in [1.54, 1.807) is 0 Å². The van der Waals surface area contributed by atoms with E-state index in [4.69, 9.17) is 4.74 Å². The van der Waals surface area contributed by atoms with E-state index in [1.807, 2.05) is 28.9 Å². The SMILES string of the molecule is Cn1cc(CN2CCC[C@H](c3cc(C(=O)N4CCOCC4)n[nH]3)C2)cn1. The van der Waals surface area contributed by atoms with Gasteiger partial charge in [-0.2, -0.15) is 10.2 Å². The van der Waals surface area contributed by atoms with Gasteiger partial charge >= 0.3 is 0 Å². The fraction of sp³-hybridized carbons (Fsp3) is 0.611. The molecule has 2 aromatic rings. The van der Waals surface area contributed by atoms with Crippen molar-refractivity contribution < 1.29 is 9.53 Å². The Bertz CT molecular complexity index is 748. The maximum atomic E-state index is 12.6. The molecule has 0 radical (unpaired) electrons. The smallest absolute Gasteiger partial charge is 0.274 e. The van der Waals surface area contributed by atoms with Crippen LogP contribution in [0.3, 0.4) is 0 Å². The van der Waals surface area contributed by atoms with Gasteiger partial charge in [-0.1, -0.05) is 0 Å². The Hall–Kier alpha value is -2.19. The molecular weight excluding hydrogens is 332 g/mol. The van der Waals surface area contributed by atoms with Crippen molar-refractivity contribution in [2.75, 3.05) is 39.4 Å². The summed E-state index contributed by atoms with van der Waals surface area (Å²) in [5, 5.41) is 11.7. The third-order valence-electron chi connectivity index (χ3n) is 5.22. The van der Waals surface area contributed by atoms with Crippen LogP contribution in [0.25, 0.3) is 0 Å². The molecule has 4 rings (SSSR count). The molecule has 140 valence electrons. The number of carbonyl (C=O) groups is 1. The van der Waals surface area contributed by atoms with E-state index in [9.17, 15) is 4.79 Å². The zero-order chi connectivity index (χ0) is 17.9. The third kappa shape index (κ3) is 3.81. The normalized spacial score (nSPS) is 21.9. The van der Waals surface area contributed by atoms with Crippen molar-refractivity contribution in [2.24, 2.45) is 7.05 Å².